The van der Waals surface area contributed by atoms with Crippen LogP contribution in [0.25, 0.3) is 0 Å². The number of rotatable bonds is 4. The molecule has 0 fully saturated rings. The van der Waals surface area contributed by atoms with E-state index < -0.39 is 0 Å². The van der Waals surface area contributed by atoms with Gasteiger partial charge < -0.3 is 10.1 Å². The number of halogens is 1. The lowest BCUT2D eigenvalue weighted by atomic mass is 10.1. The maximum Gasteiger partial charge on any atom is 0.119 e. The molecule has 0 saturated carbocycles. The summed E-state index contributed by atoms with van der Waals surface area (Å²) in [4.78, 5) is 0. The molecule has 0 bridgehead atoms. The summed E-state index contributed by atoms with van der Waals surface area (Å²) >= 11 is 6.07. The molecule has 1 aliphatic rings. The number of hydrogen-bond donors (Lipinski definition) is 1. The van der Waals surface area contributed by atoms with Crippen LogP contribution in [0.15, 0.2) is 42.5 Å². The van der Waals surface area contributed by atoms with E-state index in [0.29, 0.717) is 12.1 Å². The fourth-order valence-corrected chi connectivity index (χ4v) is 3.26. The van der Waals surface area contributed by atoms with Crippen molar-refractivity contribution in [2.24, 2.45) is 0 Å². The van der Waals surface area contributed by atoms with Crippen LogP contribution in [0, 0.1) is 0 Å². The molecule has 2 aromatic rings. The fraction of sp³-hybridized carbons (Fsp3) is 0.333. The summed E-state index contributed by atoms with van der Waals surface area (Å²) in [5, 5.41) is 4.54. The van der Waals surface area contributed by atoms with Crippen LogP contribution in [0.2, 0.25) is 5.02 Å². The molecule has 0 aliphatic heterocycles. The zero-order chi connectivity index (χ0) is 14.8. The highest BCUT2D eigenvalue weighted by atomic mass is 35.5. The molecule has 3 heteroatoms. The summed E-state index contributed by atoms with van der Waals surface area (Å²) in [6.07, 6.45) is 2.12. The Balaban J connectivity index is 1.68. The van der Waals surface area contributed by atoms with Gasteiger partial charge in [-0.2, -0.15) is 0 Å². The Morgan fingerprint density at radius 2 is 1.95 bits per heavy atom. The van der Waals surface area contributed by atoms with E-state index in [9.17, 15) is 0 Å². The third kappa shape index (κ3) is 3.22. The summed E-state index contributed by atoms with van der Waals surface area (Å²) in [5.41, 5.74) is 4.04. The molecular formula is C18H20ClNO. The van der Waals surface area contributed by atoms with Gasteiger partial charge in [0.25, 0.3) is 0 Å². The van der Waals surface area contributed by atoms with Gasteiger partial charge in [-0.25, -0.2) is 0 Å². The monoisotopic (exact) mass is 301 g/mol. The topological polar surface area (TPSA) is 21.3 Å². The lowest BCUT2D eigenvalue weighted by Gasteiger charge is -2.20. The second kappa shape index (κ2) is 6.08. The van der Waals surface area contributed by atoms with Gasteiger partial charge in [0.1, 0.15) is 5.75 Å². The first kappa shape index (κ1) is 14.4. The van der Waals surface area contributed by atoms with Gasteiger partial charge in [-0.15, -0.1) is 0 Å². The third-order valence-electron chi connectivity index (χ3n) is 4.18. The van der Waals surface area contributed by atoms with Crippen LogP contribution in [0.1, 0.15) is 29.7 Å². The molecule has 1 N–H and O–H groups in total. The predicted octanol–water partition coefficient (Wildman–Crippen LogP) is 4.17. The van der Waals surface area contributed by atoms with Crippen LogP contribution >= 0.6 is 11.6 Å². The van der Waals surface area contributed by atoms with Gasteiger partial charge in [0, 0.05) is 17.1 Å². The van der Waals surface area contributed by atoms with Crippen LogP contribution in [0.5, 0.6) is 5.75 Å². The lowest BCUT2D eigenvalue weighted by molar-refractivity contribution is 0.411. The van der Waals surface area contributed by atoms with E-state index >= 15 is 0 Å². The minimum atomic E-state index is 0.301. The number of ether oxygens (including phenoxy) is 1. The van der Waals surface area contributed by atoms with Gasteiger partial charge >= 0.3 is 0 Å². The van der Waals surface area contributed by atoms with Gasteiger partial charge in [0.2, 0.25) is 0 Å². The molecule has 2 nitrogen and oxygen atoms in total. The molecule has 2 atom stereocenters. The summed E-state index contributed by atoms with van der Waals surface area (Å²) in [6, 6.07) is 15.2. The number of methoxy groups -OCH3 is 1. The maximum absolute atomic E-state index is 6.07. The van der Waals surface area contributed by atoms with Crippen molar-refractivity contribution in [3.63, 3.8) is 0 Å². The van der Waals surface area contributed by atoms with E-state index in [1.807, 2.05) is 18.2 Å². The van der Waals surface area contributed by atoms with Gasteiger partial charge in [-0.05, 0) is 60.7 Å². The van der Waals surface area contributed by atoms with E-state index in [1.54, 1.807) is 7.11 Å². The molecular weight excluding hydrogens is 282 g/mol. The number of hydrogen-bond acceptors (Lipinski definition) is 2. The van der Waals surface area contributed by atoms with E-state index in [1.165, 1.54) is 16.7 Å². The van der Waals surface area contributed by atoms with Crippen LogP contribution in [-0.2, 0) is 12.8 Å². The Labute approximate surface area is 131 Å². The van der Waals surface area contributed by atoms with Crippen LogP contribution < -0.4 is 10.1 Å². The molecule has 0 amide bonds. The first-order valence-electron chi connectivity index (χ1n) is 7.33. The minimum Gasteiger partial charge on any atom is -0.497 e. The first-order valence-corrected chi connectivity index (χ1v) is 7.71. The summed E-state index contributed by atoms with van der Waals surface area (Å²) in [5.74, 6) is 0.905. The Bertz CT molecular complexity index is 641. The zero-order valence-electron chi connectivity index (χ0n) is 12.4. The van der Waals surface area contributed by atoms with Crippen LogP contribution in [-0.4, -0.2) is 13.2 Å². The van der Waals surface area contributed by atoms with Gasteiger partial charge in [-0.1, -0.05) is 29.8 Å². The highest BCUT2D eigenvalue weighted by Gasteiger charge is 2.23. The van der Waals surface area contributed by atoms with Crippen molar-refractivity contribution in [2.45, 2.75) is 31.8 Å². The molecule has 3 rings (SSSR count). The van der Waals surface area contributed by atoms with E-state index in [2.05, 4.69) is 36.5 Å². The summed E-state index contributed by atoms with van der Waals surface area (Å²) in [7, 11) is 1.70. The molecule has 0 spiro atoms. The average molecular weight is 302 g/mol. The zero-order valence-corrected chi connectivity index (χ0v) is 13.2. The van der Waals surface area contributed by atoms with Gasteiger partial charge in [0.05, 0.1) is 7.11 Å². The van der Waals surface area contributed by atoms with Crippen LogP contribution in [0.4, 0.5) is 0 Å². The third-order valence-corrected chi connectivity index (χ3v) is 4.42. The molecule has 2 aromatic carbocycles. The fourth-order valence-electron chi connectivity index (χ4n) is 3.07. The van der Waals surface area contributed by atoms with E-state index in [0.717, 1.165) is 23.6 Å². The normalized spacial score (nSPS) is 18.3. The molecule has 0 aromatic heterocycles. The van der Waals surface area contributed by atoms with Gasteiger partial charge in [-0.3, -0.25) is 0 Å². The van der Waals surface area contributed by atoms with Crippen molar-refractivity contribution >= 4 is 11.6 Å². The quantitative estimate of drug-likeness (QED) is 0.915. The Morgan fingerprint density at radius 3 is 2.76 bits per heavy atom. The largest absolute Gasteiger partial charge is 0.497 e. The smallest absolute Gasteiger partial charge is 0.119 e. The van der Waals surface area contributed by atoms with Crippen molar-refractivity contribution in [1.29, 1.82) is 0 Å². The predicted molar refractivity (Wildman–Crippen MR) is 87.2 cm³/mol. The average Bonchev–Trinajstić information content (AvgIpc) is 2.88. The molecule has 1 aliphatic carbocycles. The number of fused-ring (bicyclic) bond motifs is 1. The van der Waals surface area contributed by atoms with Crippen molar-refractivity contribution in [2.75, 3.05) is 7.11 Å². The Hall–Kier alpha value is -1.51. The maximum atomic E-state index is 6.07. The van der Waals surface area contributed by atoms with E-state index in [4.69, 9.17) is 16.3 Å². The number of benzene rings is 2. The Morgan fingerprint density at radius 1 is 1.14 bits per heavy atom. The van der Waals surface area contributed by atoms with Crippen LogP contribution in [0.3, 0.4) is 0 Å². The van der Waals surface area contributed by atoms with Crippen molar-refractivity contribution in [3.05, 3.63) is 64.2 Å². The highest BCUT2D eigenvalue weighted by Crippen LogP contribution is 2.27. The van der Waals surface area contributed by atoms with Crippen molar-refractivity contribution in [1.82, 2.24) is 5.32 Å². The molecule has 21 heavy (non-hydrogen) atoms. The standard InChI is InChI=1S/C18H20ClNO/c1-12(13-4-3-5-18(11-13)21-2)20-17-9-14-6-7-16(19)8-15(14)10-17/h3-8,11-12,17,20H,9-10H2,1-2H3. The second-order valence-corrected chi connectivity index (χ2v) is 6.12. The Kier molecular flexibility index (Phi) is 4.18. The summed E-state index contributed by atoms with van der Waals surface area (Å²) < 4.78 is 5.30. The summed E-state index contributed by atoms with van der Waals surface area (Å²) in [6.45, 7) is 2.20. The van der Waals surface area contributed by atoms with Crippen molar-refractivity contribution in [3.8, 4) is 5.75 Å². The van der Waals surface area contributed by atoms with E-state index in [-0.39, 0.29) is 0 Å². The lowest BCUT2D eigenvalue weighted by Crippen LogP contribution is -2.32. The molecule has 0 heterocycles. The molecule has 110 valence electrons. The molecule has 0 saturated heterocycles. The number of nitrogens with one attached hydrogen (secondary N) is 1. The second-order valence-electron chi connectivity index (χ2n) is 5.68. The first-order chi connectivity index (χ1) is 10.2. The minimum absolute atomic E-state index is 0.301. The molecule has 2 unspecified atom stereocenters. The highest BCUT2D eigenvalue weighted by molar-refractivity contribution is 6.30. The van der Waals surface area contributed by atoms with Gasteiger partial charge in [0.15, 0.2) is 0 Å². The van der Waals surface area contributed by atoms with Crippen molar-refractivity contribution < 1.29 is 4.74 Å². The SMILES string of the molecule is COc1cccc(C(C)NC2Cc3ccc(Cl)cc3C2)c1. The molecule has 0 radical (unpaired) electrons.